The molecule has 1 N–H and O–H groups in total. The van der Waals surface area contributed by atoms with Gasteiger partial charge in [0.05, 0.1) is 22.5 Å². The second-order valence-corrected chi connectivity index (χ2v) is 8.14. The van der Waals surface area contributed by atoms with Crippen molar-refractivity contribution in [2.75, 3.05) is 5.32 Å². The molecule has 28 heavy (non-hydrogen) atoms. The summed E-state index contributed by atoms with van der Waals surface area (Å²) in [4.78, 5) is 22.4. The summed E-state index contributed by atoms with van der Waals surface area (Å²) >= 11 is 0. The first-order chi connectivity index (χ1) is 13.2. The van der Waals surface area contributed by atoms with Crippen LogP contribution in [0, 0.1) is 33.9 Å². The molecule has 140 valence electrons. The van der Waals surface area contributed by atoms with Crippen molar-refractivity contribution in [1.82, 2.24) is 9.97 Å². The van der Waals surface area contributed by atoms with Gasteiger partial charge in [-0.3, -0.25) is 4.79 Å². The molecule has 1 fully saturated rings. The van der Waals surface area contributed by atoms with Crippen LogP contribution in [0.3, 0.4) is 0 Å². The van der Waals surface area contributed by atoms with E-state index < -0.39 is 22.1 Å². The third-order valence-electron chi connectivity index (χ3n) is 6.99. The van der Waals surface area contributed by atoms with Crippen molar-refractivity contribution < 1.29 is 9.18 Å². The lowest BCUT2D eigenvalue weighted by Gasteiger charge is -2.39. The lowest BCUT2D eigenvalue weighted by atomic mass is 9.63. The van der Waals surface area contributed by atoms with Gasteiger partial charge in [0, 0.05) is 5.41 Å². The highest BCUT2D eigenvalue weighted by Crippen LogP contribution is 2.70. The number of nitrogens with zero attached hydrogens (tertiary/aromatic N) is 4. The number of nitrogens with one attached hydrogen (secondary N) is 1. The van der Waals surface area contributed by atoms with Crippen molar-refractivity contribution >= 4 is 11.6 Å². The average Bonchev–Trinajstić information content (AvgIpc) is 2.98. The quantitative estimate of drug-likeness (QED) is 0.867. The molecule has 0 spiro atoms. The summed E-state index contributed by atoms with van der Waals surface area (Å²) in [5, 5.41) is 21.4. The molecule has 6 nitrogen and oxygen atoms in total. The number of carbonyl (C=O) groups excluding carboxylic acids is 1. The van der Waals surface area contributed by atoms with Gasteiger partial charge in [0.2, 0.25) is 5.91 Å². The molecule has 0 unspecified atom stereocenters. The van der Waals surface area contributed by atoms with E-state index in [2.05, 4.69) is 15.3 Å². The van der Waals surface area contributed by atoms with Crippen molar-refractivity contribution in [2.24, 2.45) is 5.41 Å². The van der Waals surface area contributed by atoms with Gasteiger partial charge in [-0.1, -0.05) is 32.9 Å². The number of halogens is 1. The van der Waals surface area contributed by atoms with E-state index in [9.17, 15) is 19.7 Å². The number of benzene rings is 1. The van der Waals surface area contributed by atoms with Gasteiger partial charge in [-0.25, -0.2) is 14.4 Å². The maximum Gasteiger partial charge on any atom is 0.237 e. The van der Waals surface area contributed by atoms with Crippen LogP contribution in [-0.2, 0) is 15.6 Å². The molecule has 4 rings (SSSR count). The molecule has 2 atom stereocenters. The van der Waals surface area contributed by atoms with Crippen LogP contribution in [0.5, 0.6) is 0 Å². The second kappa shape index (κ2) is 5.59. The minimum absolute atomic E-state index is 0.0320. The molecule has 1 aromatic heterocycles. The van der Waals surface area contributed by atoms with Crippen LogP contribution in [0.4, 0.5) is 10.1 Å². The summed E-state index contributed by atoms with van der Waals surface area (Å²) in [5.41, 5.74) is -1.14. The van der Waals surface area contributed by atoms with E-state index in [0.29, 0.717) is 24.2 Å². The topological polar surface area (TPSA) is 102 Å². The molecule has 1 amide bonds. The first-order valence-corrected chi connectivity index (χ1v) is 9.02. The molecule has 0 saturated heterocycles. The minimum Gasteiger partial charge on any atom is -0.323 e. The van der Waals surface area contributed by atoms with E-state index in [1.165, 1.54) is 12.1 Å². The largest absolute Gasteiger partial charge is 0.323 e. The smallest absolute Gasteiger partial charge is 0.237 e. The van der Waals surface area contributed by atoms with Crippen molar-refractivity contribution in [2.45, 2.75) is 44.4 Å². The maximum atomic E-state index is 14.1. The second-order valence-electron chi connectivity index (χ2n) is 8.14. The van der Waals surface area contributed by atoms with Crippen LogP contribution in [-0.4, -0.2) is 15.9 Å². The molecule has 1 saturated carbocycles. The number of carbonyl (C=O) groups is 1. The molecular weight excluding hydrogens is 357 g/mol. The van der Waals surface area contributed by atoms with Crippen molar-refractivity contribution in [3.05, 3.63) is 52.9 Å². The lowest BCUT2D eigenvalue weighted by molar-refractivity contribution is -0.125. The number of hydrogen-bond donors (Lipinski definition) is 1. The van der Waals surface area contributed by atoms with Gasteiger partial charge in [0.1, 0.15) is 18.0 Å². The van der Waals surface area contributed by atoms with Crippen LogP contribution >= 0.6 is 0 Å². The van der Waals surface area contributed by atoms with Gasteiger partial charge in [-0.2, -0.15) is 10.5 Å². The fourth-order valence-corrected chi connectivity index (χ4v) is 4.93. The number of amides is 1. The third-order valence-corrected chi connectivity index (χ3v) is 6.99. The fraction of sp³-hybridized carbons (Fsp3) is 0.381. The maximum absolute atomic E-state index is 14.1. The van der Waals surface area contributed by atoms with Crippen molar-refractivity contribution in [3.8, 4) is 12.1 Å². The van der Waals surface area contributed by atoms with Gasteiger partial charge in [0.25, 0.3) is 0 Å². The highest BCUT2D eigenvalue weighted by atomic mass is 19.1. The van der Waals surface area contributed by atoms with Crippen LogP contribution in [0.25, 0.3) is 0 Å². The predicted molar refractivity (Wildman–Crippen MR) is 98.5 cm³/mol. The van der Waals surface area contributed by atoms with E-state index in [1.54, 1.807) is 12.1 Å². The third kappa shape index (κ3) is 1.91. The number of hydrogen-bond acceptors (Lipinski definition) is 5. The predicted octanol–water partition coefficient (Wildman–Crippen LogP) is 3.33. The molecule has 2 aliphatic rings. The van der Waals surface area contributed by atoms with Crippen LogP contribution in [0.1, 0.15) is 56.4 Å². The average molecular weight is 375 g/mol. The molecule has 7 heteroatoms. The van der Waals surface area contributed by atoms with E-state index >= 15 is 0 Å². The molecule has 2 aliphatic carbocycles. The summed E-state index contributed by atoms with van der Waals surface area (Å²) in [7, 11) is 0. The van der Waals surface area contributed by atoms with Crippen LogP contribution in [0.15, 0.2) is 24.3 Å². The first kappa shape index (κ1) is 18.1. The molecule has 0 radical (unpaired) electrons. The summed E-state index contributed by atoms with van der Waals surface area (Å²) in [6.45, 7) is 5.96. The Morgan fingerprint density at radius 1 is 1.07 bits per heavy atom. The Morgan fingerprint density at radius 3 is 2.29 bits per heavy atom. The normalized spacial score (nSPS) is 26.2. The number of nitriles is 2. The summed E-state index contributed by atoms with van der Waals surface area (Å²) in [5.74, 6) is -0.888. The van der Waals surface area contributed by atoms with Gasteiger partial charge < -0.3 is 5.32 Å². The van der Waals surface area contributed by atoms with E-state index in [1.807, 2.05) is 32.9 Å². The first-order valence-electron chi connectivity index (χ1n) is 9.02. The molecule has 2 aromatic rings. The zero-order valence-corrected chi connectivity index (χ0v) is 15.8. The van der Waals surface area contributed by atoms with E-state index in [0.717, 1.165) is 0 Å². The zero-order chi connectivity index (χ0) is 20.3. The Labute approximate surface area is 162 Å². The van der Waals surface area contributed by atoms with Crippen molar-refractivity contribution in [1.29, 1.82) is 10.5 Å². The Morgan fingerprint density at radius 2 is 1.68 bits per heavy atom. The molecule has 1 heterocycles. The summed E-state index contributed by atoms with van der Waals surface area (Å²) < 4.78 is 14.1. The molecular formula is C21H18FN5O. The minimum atomic E-state index is -1.06. The number of anilines is 1. The SMILES string of the molecule is CC1(C)[C@]2(C)CC[C@@]1(C(=O)Nc1ccccc1F)c1nc(C#N)c(C#N)nc12. The lowest BCUT2D eigenvalue weighted by Crippen LogP contribution is -2.48. The fourth-order valence-electron chi connectivity index (χ4n) is 4.93. The monoisotopic (exact) mass is 375 g/mol. The Bertz CT molecular complexity index is 1110. The number of para-hydroxylation sites is 1. The van der Waals surface area contributed by atoms with Crippen LogP contribution in [0.2, 0.25) is 0 Å². The van der Waals surface area contributed by atoms with Gasteiger partial charge >= 0.3 is 0 Å². The van der Waals surface area contributed by atoms with Crippen molar-refractivity contribution in [3.63, 3.8) is 0 Å². The molecule has 0 aliphatic heterocycles. The van der Waals surface area contributed by atoms with Gasteiger partial charge in [0.15, 0.2) is 11.4 Å². The zero-order valence-electron chi connectivity index (χ0n) is 15.8. The highest BCUT2D eigenvalue weighted by molar-refractivity contribution is 6.01. The number of aromatic nitrogens is 2. The van der Waals surface area contributed by atoms with E-state index in [-0.39, 0.29) is 23.0 Å². The van der Waals surface area contributed by atoms with Gasteiger partial charge in [-0.15, -0.1) is 0 Å². The standard InChI is InChI=1S/C21H18FN5O/c1-19(2)20(3)8-9-21(19,18(28)27-13-7-5-4-6-12(13)22)17-16(20)25-14(10-23)15(11-24)26-17/h4-7H,8-9H2,1-3H3,(H,27,28)/t20-,21+/m1/s1. The molecule has 1 aromatic carbocycles. The summed E-state index contributed by atoms with van der Waals surface area (Å²) in [6.07, 6.45) is 1.19. The van der Waals surface area contributed by atoms with E-state index in [4.69, 9.17) is 0 Å². The van der Waals surface area contributed by atoms with Crippen LogP contribution < -0.4 is 5.32 Å². The Hall–Kier alpha value is -3.32. The molecule has 2 bridgehead atoms. The Balaban J connectivity index is 1.93. The Kier molecular flexibility index (Phi) is 3.61. The highest BCUT2D eigenvalue weighted by Gasteiger charge is 2.73. The number of fused-ring (bicyclic) bond motifs is 5. The summed E-state index contributed by atoms with van der Waals surface area (Å²) in [6, 6.07) is 9.82. The number of rotatable bonds is 2. The van der Waals surface area contributed by atoms with Gasteiger partial charge in [-0.05, 0) is 30.4 Å².